The molecule has 8 heteroatoms. The van der Waals surface area contributed by atoms with E-state index < -0.39 is 15.8 Å². The number of sulfonamides is 1. The zero-order chi connectivity index (χ0) is 13.3. The summed E-state index contributed by atoms with van der Waals surface area (Å²) in [6.07, 6.45) is 1.19. The topological polar surface area (TPSA) is 74.8 Å². The molecule has 1 heterocycles. The highest BCUT2D eigenvalue weighted by atomic mass is 35.5. The summed E-state index contributed by atoms with van der Waals surface area (Å²) in [6.45, 7) is 1.63. The van der Waals surface area contributed by atoms with Crippen molar-refractivity contribution in [1.82, 2.24) is 9.97 Å². The van der Waals surface area contributed by atoms with Crippen molar-refractivity contribution in [2.45, 2.75) is 11.9 Å². The largest absolute Gasteiger partial charge is 0.332 e. The Labute approximate surface area is 108 Å². The second kappa shape index (κ2) is 4.58. The summed E-state index contributed by atoms with van der Waals surface area (Å²) in [4.78, 5) is 6.38. The number of nitrogens with one attached hydrogen (secondary N) is 2. The number of hydrogen-bond donors (Lipinski definition) is 2. The molecule has 0 atom stereocenters. The van der Waals surface area contributed by atoms with Gasteiger partial charge < -0.3 is 4.98 Å². The van der Waals surface area contributed by atoms with Crippen LogP contribution < -0.4 is 4.72 Å². The molecule has 1 aromatic heterocycles. The van der Waals surface area contributed by atoms with Crippen molar-refractivity contribution < 1.29 is 12.8 Å². The average Bonchev–Trinajstić information content (AvgIpc) is 2.70. The van der Waals surface area contributed by atoms with Crippen LogP contribution in [-0.4, -0.2) is 18.4 Å². The molecule has 0 aliphatic rings. The van der Waals surface area contributed by atoms with Gasteiger partial charge in [0, 0.05) is 0 Å². The van der Waals surface area contributed by atoms with E-state index in [9.17, 15) is 12.8 Å². The Kier molecular flexibility index (Phi) is 3.27. The zero-order valence-corrected chi connectivity index (χ0v) is 10.8. The third-order valence-electron chi connectivity index (χ3n) is 2.14. The number of aromatic nitrogens is 2. The van der Waals surface area contributed by atoms with E-state index in [1.54, 1.807) is 6.92 Å². The minimum Gasteiger partial charge on any atom is -0.332 e. The second-order valence-electron chi connectivity index (χ2n) is 3.56. The smallest absolute Gasteiger partial charge is 0.279 e. The molecular formula is C10H9ClFN3O2S. The van der Waals surface area contributed by atoms with Crippen LogP contribution in [-0.2, 0) is 10.0 Å². The number of halogens is 2. The molecule has 1 aromatic carbocycles. The van der Waals surface area contributed by atoms with Crippen LogP contribution in [0.2, 0.25) is 5.02 Å². The fourth-order valence-corrected chi connectivity index (χ4v) is 2.63. The van der Waals surface area contributed by atoms with Gasteiger partial charge >= 0.3 is 0 Å². The highest BCUT2D eigenvalue weighted by Gasteiger charge is 2.18. The van der Waals surface area contributed by atoms with Gasteiger partial charge in [0.2, 0.25) is 0 Å². The Morgan fingerprint density at radius 1 is 1.44 bits per heavy atom. The highest BCUT2D eigenvalue weighted by molar-refractivity contribution is 7.92. The summed E-state index contributed by atoms with van der Waals surface area (Å²) in [6, 6.07) is 3.39. The van der Waals surface area contributed by atoms with Crippen LogP contribution in [0.3, 0.4) is 0 Å². The molecule has 0 radical (unpaired) electrons. The molecule has 2 N–H and O–H groups in total. The zero-order valence-electron chi connectivity index (χ0n) is 9.24. The molecule has 0 aliphatic heterocycles. The van der Waals surface area contributed by atoms with E-state index in [4.69, 9.17) is 11.6 Å². The van der Waals surface area contributed by atoms with Gasteiger partial charge in [0.05, 0.1) is 16.9 Å². The normalized spacial score (nSPS) is 11.5. The van der Waals surface area contributed by atoms with Gasteiger partial charge in [0.15, 0.2) is 5.03 Å². The molecule has 96 valence electrons. The van der Waals surface area contributed by atoms with Crippen LogP contribution in [0.25, 0.3) is 0 Å². The minimum absolute atomic E-state index is 0.0187. The Morgan fingerprint density at radius 2 is 2.17 bits per heavy atom. The number of rotatable bonds is 3. The Hall–Kier alpha value is -1.60. The number of H-pyrrole nitrogens is 1. The summed E-state index contributed by atoms with van der Waals surface area (Å²) in [5.41, 5.74) is 0.102. The SMILES string of the molecule is Cc1ncc(S(=O)(=O)Nc2ccc(F)cc2Cl)[nH]1. The number of aryl methyl sites for hydroxylation is 1. The van der Waals surface area contributed by atoms with Crippen LogP contribution in [0, 0.1) is 12.7 Å². The fourth-order valence-electron chi connectivity index (χ4n) is 1.31. The third kappa shape index (κ3) is 2.62. The molecule has 0 unspecified atom stereocenters. The monoisotopic (exact) mass is 289 g/mol. The molecule has 2 rings (SSSR count). The summed E-state index contributed by atoms with van der Waals surface area (Å²) in [5, 5.41) is -0.102. The van der Waals surface area contributed by atoms with Crippen LogP contribution >= 0.6 is 11.6 Å². The number of benzene rings is 1. The van der Waals surface area contributed by atoms with Crippen molar-refractivity contribution in [3.8, 4) is 0 Å². The van der Waals surface area contributed by atoms with Gasteiger partial charge in [-0.3, -0.25) is 4.72 Å². The summed E-state index contributed by atoms with van der Waals surface area (Å²) in [7, 11) is -3.80. The van der Waals surface area contributed by atoms with Crippen LogP contribution in [0.4, 0.5) is 10.1 Å². The number of anilines is 1. The second-order valence-corrected chi connectivity index (χ2v) is 5.62. The maximum absolute atomic E-state index is 12.8. The molecule has 0 bridgehead atoms. The van der Waals surface area contributed by atoms with Crippen LogP contribution in [0.15, 0.2) is 29.4 Å². The maximum atomic E-state index is 12.8. The van der Waals surface area contributed by atoms with Crippen molar-refractivity contribution in [2.24, 2.45) is 0 Å². The summed E-state index contributed by atoms with van der Waals surface area (Å²) < 4.78 is 38.9. The Morgan fingerprint density at radius 3 is 2.72 bits per heavy atom. The molecular weight excluding hydrogens is 281 g/mol. The number of nitrogens with zero attached hydrogens (tertiary/aromatic N) is 1. The number of aromatic amines is 1. The lowest BCUT2D eigenvalue weighted by Gasteiger charge is -2.07. The van der Waals surface area contributed by atoms with Gasteiger partial charge in [-0.2, -0.15) is 8.42 Å². The van der Waals surface area contributed by atoms with Gasteiger partial charge in [-0.25, -0.2) is 9.37 Å². The Balaban J connectivity index is 2.33. The van der Waals surface area contributed by atoms with Crippen molar-refractivity contribution >= 4 is 27.3 Å². The van der Waals surface area contributed by atoms with Gasteiger partial charge in [0.25, 0.3) is 10.0 Å². The maximum Gasteiger partial charge on any atom is 0.279 e. The van der Waals surface area contributed by atoms with E-state index in [-0.39, 0.29) is 15.7 Å². The van der Waals surface area contributed by atoms with E-state index in [0.717, 1.165) is 12.1 Å². The van der Waals surface area contributed by atoms with Crippen LogP contribution in [0.5, 0.6) is 0 Å². The van der Waals surface area contributed by atoms with E-state index in [1.807, 2.05) is 0 Å². The molecule has 0 amide bonds. The molecule has 0 saturated carbocycles. The minimum atomic E-state index is -3.80. The lowest BCUT2D eigenvalue weighted by Crippen LogP contribution is -2.13. The van der Waals surface area contributed by atoms with Gasteiger partial charge in [0.1, 0.15) is 11.6 Å². The molecule has 0 spiro atoms. The first kappa shape index (κ1) is 12.8. The lowest BCUT2D eigenvalue weighted by molar-refractivity contribution is 0.598. The Bertz CT molecular complexity index is 684. The first-order chi connectivity index (χ1) is 8.38. The first-order valence-electron chi connectivity index (χ1n) is 4.88. The summed E-state index contributed by atoms with van der Waals surface area (Å²) >= 11 is 5.74. The quantitative estimate of drug-likeness (QED) is 0.910. The fraction of sp³-hybridized carbons (Fsp3) is 0.100. The standard InChI is InChI=1S/C10H9ClFN3O2S/c1-6-13-5-10(14-6)18(16,17)15-9-3-2-7(12)4-8(9)11/h2-5,15H,1H3,(H,13,14). The van der Waals surface area contributed by atoms with E-state index in [1.165, 1.54) is 12.3 Å². The van der Waals surface area contributed by atoms with Gasteiger partial charge in [-0.15, -0.1) is 0 Å². The van der Waals surface area contributed by atoms with Crippen molar-refractivity contribution in [3.05, 3.63) is 41.1 Å². The highest BCUT2D eigenvalue weighted by Crippen LogP contribution is 2.24. The molecule has 2 aromatic rings. The van der Waals surface area contributed by atoms with Crippen molar-refractivity contribution in [2.75, 3.05) is 4.72 Å². The number of imidazole rings is 1. The van der Waals surface area contributed by atoms with E-state index in [2.05, 4.69) is 14.7 Å². The van der Waals surface area contributed by atoms with E-state index >= 15 is 0 Å². The number of hydrogen-bond acceptors (Lipinski definition) is 3. The summed E-state index contributed by atoms with van der Waals surface area (Å²) in [5.74, 6) is -0.0686. The van der Waals surface area contributed by atoms with E-state index in [0.29, 0.717) is 5.82 Å². The lowest BCUT2D eigenvalue weighted by atomic mass is 10.3. The predicted octanol–water partition coefficient (Wildman–Crippen LogP) is 2.31. The third-order valence-corrected chi connectivity index (χ3v) is 3.73. The van der Waals surface area contributed by atoms with Crippen molar-refractivity contribution in [3.63, 3.8) is 0 Å². The molecule has 0 aliphatic carbocycles. The molecule has 5 nitrogen and oxygen atoms in total. The average molecular weight is 290 g/mol. The van der Waals surface area contributed by atoms with Crippen LogP contribution in [0.1, 0.15) is 5.82 Å². The molecule has 0 saturated heterocycles. The van der Waals surface area contributed by atoms with Gasteiger partial charge in [-0.1, -0.05) is 11.6 Å². The van der Waals surface area contributed by atoms with Gasteiger partial charge in [-0.05, 0) is 25.1 Å². The predicted molar refractivity (Wildman–Crippen MR) is 65.5 cm³/mol. The molecule has 18 heavy (non-hydrogen) atoms. The molecule has 0 fully saturated rings. The van der Waals surface area contributed by atoms with Crippen molar-refractivity contribution in [1.29, 1.82) is 0 Å². The first-order valence-corrected chi connectivity index (χ1v) is 6.74.